The average molecular weight is 389 g/mol. The summed E-state index contributed by atoms with van der Waals surface area (Å²) in [5.41, 5.74) is 3.80. The van der Waals surface area contributed by atoms with E-state index in [9.17, 15) is 4.79 Å². The van der Waals surface area contributed by atoms with Crippen LogP contribution < -0.4 is 5.32 Å². The maximum absolute atomic E-state index is 13.1. The van der Waals surface area contributed by atoms with Crippen LogP contribution in [0.25, 0.3) is 11.3 Å². The largest absolute Gasteiger partial charge is 0.334 e. The molecule has 1 atom stereocenters. The van der Waals surface area contributed by atoms with Gasteiger partial charge in [0.2, 0.25) is 5.91 Å². The topological polar surface area (TPSA) is 50.2 Å². The van der Waals surface area contributed by atoms with E-state index in [0.29, 0.717) is 0 Å². The number of aromatic nitrogens is 2. The molecule has 0 radical (unpaired) electrons. The lowest BCUT2D eigenvalue weighted by Gasteiger charge is -2.26. The third-order valence-electron chi connectivity index (χ3n) is 5.64. The van der Waals surface area contributed by atoms with Crippen molar-refractivity contribution in [2.75, 3.05) is 18.9 Å². The van der Waals surface area contributed by atoms with E-state index in [1.54, 1.807) is 0 Å². The van der Waals surface area contributed by atoms with Gasteiger partial charge < -0.3 is 9.88 Å². The summed E-state index contributed by atoms with van der Waals surface area (Å²) < 4.78 is 2.26. The Labute approximate surface area is 172 Å². The number of nitrogens with zero attached hydrogens (tertiary/aromatic N) is 3. The third kappa shape index (κ3) is 4.25. The Morgan fingerprint density at radius 1 is 1.17 bits per heavy atom. The van der Waals surface area contributed by atoms with E-state index in [4.69, 9.17) is 4.98 Å². The second-order valence-corrected chi connectivity index (χ2v) is 7.65. The van der Waals surface area contributed by atoms with Crippen LogP contribution in [-0.4, -0.2) is 34.0 Å². The fraction of sp³-hybridized carbons (Fsp3) is 0.333. The first-order valence-corrected chi connectivity index (χ1v) is 10.4. The summed E-state index contributed by atoms with van der Waals surface area (Å²) in [4.78, 5) is 20.0. The number of carbonyl (C=O) groups excluding carboxylic acids is 1. The van der Waals surface area contributed by atoms with E-state index < -0.39 is 0 Å². The summed E-state index contributed by atoms with van der Waals surface area (Å²) in [7, 11) is 1.98. The Morgan fingerprint density at radius 3 is 2.76 bits per heavy atom. The number of anilines is 1. The first-order valence-electron chi connectivity index (χ1n) is 10.4. The third-order valence-corrected chi connectivity index (χ3v) is 5.64. The van der Waals surface area contributed by atoms with E-state index >= 15 is 0 Å². The normalized spacial score (nSPS) is 14.4. The van der Waals surface area contributed by atoms with Crippen molar-refractivity contribution in [2.24, 2.45) is 0 Å². The molecule has 1 aromatic heterocycles. The predicted molar refractivity (Wildman–Crippen MR) is 117 cm³/mol. The van der Waals surface area contributed by atoms with Gasteiger partial charge in [0.05, 0.1) is 5.69 Å². The lowest BCUT2D eigenvalue weighted by atomic mass is 10.0. The molecule has 5 heteroatoms. The van der Waals surface area contributed by atoms with Gasteiger partial charge in [0.15, 0.2) is 0 Å². The number of amides is 1. The fourth-order valence-electron chi connectivity index (χ4n) is 3.94. The fourth-order valence-corrected chi connectivity index (χ4v) is 3.94. The van der Waals surface area contributed by atoms with Gasteiger partial charge in [-0.05, 0) is 44.1 Å². The van der Waals surface area contributed by atoms with Gasteiger partial charge in [-0.25, -0.2) is 4.98 Å². The molecule has 0 spiro atoms. The van der Waals surface area contributed by atoms with Gasteiger partial charge in [0.1, 0.15) is 11.9 Å². The van der Waals surface area contributed by atoms with Crippen molar-refractivity contribution in [3.8, 4) is 11.3 Å². The minimum absolute atomic E-state index is 0.0261. The van der Waals surface area contributed by atoms with Crippen LogP contribution in [0.1, 0.15) is 37.2 Å². The van der Waals surface area contributed by atoms with Crippen LogP contribution in [0.15, 0.2) is 60.8 Å². The highest BCUT2D eigenvalue weighted by Gasteiger charge is 2.24. The van der Waals surface area contributed by atoms with Crippen molar-refractivity contribution in [1.29, 1.82) is 0 Å². The Bertz CT molecular complexity index is 956. The number of imidazole rings is 1. The molecule has 1 amide bonds. The smallest absolute Gasteiger partial charge is 0.246 e. The zero-order valence-corrected chi connectivity index (χ0v) is 17.1. The van der Waals surface area contributed by atoms with E-state index in [2.05, 4.69) is 34.0 Å². The molecule has 0 saturated carbocycles. The van der Waals surface area contributed by atoms with Crippen LogP contribution in [-0.2, 0) is 17.8 Å². The summed E-state index contributed by atoms with van der Waals surface area (Å²) in [6.45, 7) is 3.89. The molecule has 0 saturated heterocycles. The molecular formula is C24H28N4O. The maximum Gasteiger partial charge on any atom is 0.246 e. The summed E-state index contributed by atoms with van der Waals surface area (Å²) in [6, 6.07) is 17.6. The number of aryl methyl sites for hydroxylation is 2. The van der Waals surface area contributed by atoms with Crippen LogP contribution in [0, 0.1) is 0 Å². The maximum atomic E-state index is 13.1. The number of benzene rings is 2. The van der Waals surface area contributed by atoms with Gasteiger partial charge >= 0.3 is 0 Å². The van der Waals surface area contributed by atoms with Crippen molar-refractivity contribution >= 4 is 11.6 Å². The van der Waals surface area contributed by atoms with E-state index in [1.165, 1.54) is 12.8 Å². The van der Waals surface area contributed by atoms with Crippen molar-refractivity contribution in [3.63, 3.8) is 0 Å². The summed E-state index contributed by atoms with van der Waals surface area (Å²) in [6.07, 6.45) is 5.59. The SMILES string of the molecule is CCN(C)C(C(=O)Nc1cccc(-c2cn3c(n2)CCCC3)c1)c1ccccc1. The molecule has 1 aliphatic rings. The molecule has 1 unspecified atom stereocenters. The predicted octanol–water partition coefficient (Wildman–Crippen LogP) is 4.52. The van der Waals surface area contributed by atoms with Crippen molar-refractivity contribution in [3.05, 3.63) is 72.2 Å². The molecule has 3 aromatic rings. The second-order valence-electron chi connectivity index (χ2n) is 7.65. The van der Waals surface area contributed by atoms with Gasteiger partial charge in [-0.3, -0.25) is 9.69 Å². The number of likely N-dealkylation sites (N-methyl/N-ethyl adjacent to an activating group) is 1. The highest BCUT2D eigenvalue weighted by molar-refractivity contribution is 5.96. The van der Waals surface area contributed by atoms with Gasteiger partial charge in [0, 0.05) is 30.4 Å². The zero-order valence-electron chi connectivity index (χ0n) is 17.1. The van der Waals surface area contributed by atoms with Crippen LogP contribution in [0.2, 0.25) is 0 Å². The standard InChI is InChI=1S/C24H28N4O/c1-3-27(2)23(18-10-5-4-6-11-18)24(29)25-20-13-9-12-19(16-20)21-17-28-15-8-7-14-22(28)26-21/h4-6,9-13,16-17,23H,3,7-8,14-15H2,1-2H3,(H,25,29). The van der Waals surface area contributed by atoms with Crippen LogP contribution in [0.5, 0.6) is 0 Å². The summed E-state index contributed by atoms with van der Waals surface area (Å²) in [5, 5.41) is 3.11. The number of rotatable bonds is 6. The molecule has 4 rings (SSSR count). The monoisotopic (exact) mass is 388 g/mol. The number of hydrogen-bond acceptors (Lipinski definition) is 3. The number of carbonyl (C=O) groups is 1. The van der Waals surface area contributed by atoms with Gasteiger partial charge in [-0.15, -0.1) is 0 Å². The van der Waals surface area contributed by atoms with Crippen molar-refractivity contribution in [2.45, 2.75) is 38.8 Å². The number of nitrogens with one attached hydrogen (secondary N) is 1. The van der Waals surface area contributed by atoms with Crippen LogP contribution >= 0.6 is 0 Å². The van der Waals surface area contributed by atoms with Gasteiger partial charge in [0.25, 0.3) is 0 Å². The first kappa shape index (κ1) is 19.4. The van der Waals surface area contributed by atoms with Crippen LogP contribution in [0.3, 0.4) is 0 Å². The lowest BCUT2D eigenvalue weighted by Crippen LogP contribution is -2.34. The summed E-state index contributed by atoms with van der Waals surface area (Å²) in [5.74, 6) is 1.14. The molecule has 0 bridgehead atoms. The molecule has 150 valence electrons. The minimum Gasteiger partial charge on any atom is -0.334 e. The van der Waals surface area contributed by atoms with E-state index in [0.717, 1.165) is 47.8 Å². The van der Waals surface area contributed by atoms with E-state index in [1.807, 2.05) is 55.6 Å². The second kappa shape index (κ2) is 8.62. The Hall–Kier alpha value is -2.92. The molecule has 0 aliphatic carbocycles. The van der Waals surface area contributed by atoms with E-state index in [-0.39, 0.29) is 11.9 Å². The average Bonchev–Trinajstić information content (AvgIpc) is 3.19. The highest BCUT2D eigenvalue weighted by Crippen LogP contribution is 2.26. The van der Waals surface area contributed by atoms with Crippen LogP contribution in [0.4, 0.5) is 5.69 Å². The molecule has 2 heterocycles. The summed E-state index contributed by atoms with van der Waals surface area (Å²) >= 11 is 0. The lowest BCUT2D eigenvalue weighted by molar-refractivity contribution is -0.121. The molecule has 1 N–H and O–H groups in total. The molecule has 0 fully saturated rings. The Kier molecular flexibility index (Phi) is 5.76. The number of fused-ring (bicyclic) bond motifs is 1. The molecule has 29 heavy (non-hydrogen) atoms. The van der Waals surface area contributed by atoms with Crippen molar-refractivity contribution in [1.82, 2.24) is 14.5 Å². The van der Waals surface area contributed by atoms with Gasteiger partial charge in [-0.1, -0.05) is 49.4 Å². The molecule has 1 aliphatic heterocycles. The van der Waals surface area contributed by atoms with Gasteiger partial charge in [-0.2, -0.15) is 0 Å². The first-order chi connectivity index (χ1) is 14.2. The highest BCUT2D eigenvalue weighted by atomic mass is 16.2. The quantitative estimate of drug-likeness (QED) is 0.676. The minimum atomic E-state index is -0.329. The molecular weight excluding hydrogens is 360 g/mol. The Morgan fingerprint density at radius 2 is 2.00 bits per heavy atom. The van der Waals surface area contributed by atoms with Crippen molar-refractivity contribution < 1.29 is 4.79 Å². The number of hydrogen-bond donors (Lipinski definition) is 1. The molecule has 5 nitrogen and oxygen atoms in total. The molecule has 2 aromatic carbocycles. The zero-order chi connectivity index (χ0) is 20.2. The Balaban J connectivity index is 1.56.